The molecule has 8 nitrogen and oxygen atoms in total. The average Bonchev–Trinajstić information content (AvgIpc) is 3.42. The SMILES string of the molecule is CCc1nc(-c2cc(S(=O)(=O)N3CCC(C(=O)Nc4ccc(Cl)cc4C)CC3)c(C)s2)no1. The Morgan fingerprint density at radius 1 is 1.27 bits per heavy atom. The number of sulfonamides is 1. The van der Waals surface area contributed by atoms with Crippen LogP contribution in [0.15, 0.2) is 33.7 Å². The molecule has 1 amide bonds. The van der Waals surface area contributed by atoms with Crippen molar-refractivity contribution < 1.29 is 17.7 Å². The van der Waals surface area contributed by atoms with Crippen molar-refractivity contribution >= 4 is 44.6 Å². The molecule has 1 aliphatic rings. The summed E-state index contributed by atoms with van der Waals surface area (Å²) in [4.78, 5) is 18.6. The molecule has 2 aromatic heterocycles. The molecule has 4 rings (SSSR count). The van der Waals surface area contributed by atoms with Gasteiger partial charge in [0.25, 0.3) is 0 Å². The second-order valence-electron chi connectivity index (χ2n) is 8.02. The third-order valence-electron chi connectivity index (χ3n) is 5.75. The third-order valence-corrected chi connectivity index (χ3v) is 9.19. The summed E-state index contributed by atoms with van der Waals surface area (Å²) in [5.41, 5.74) is 1.60. The van der Waals surface area contributed by atoms with Crippen LogP contribution in [-0.2, 0) is 21.2 Å². The fraction of sp³-hybridized carbons (Fsp3) is 0.409. The second-order valence-corrected chi connectivity index (χ2v) is 11.6. The number of carbonyl (C=O) groups excluding carboxylic acids is 1. The molecule has 3 heterocycles. The summed E-state index contributed by atoms with van der Waals surface area (Å²) in [6, 6.07) is 6.91. The van der Waals surface area contributed by atoms with Crippen LogP contribution in [0.3, 0.4) is 0 Å². The molecule has 1 N–H and O–H groups in total. The molecule has 0 aliphatic carbocycles. The number of hydrogen-bond donors (Lipinski definition) is 1. The molecular formula is C22H25ClN4O4S2. The van der Waals surface area contributed by atoms with Crippen LogP contribution in [0.25, 0.3) is 10.7 Å². The highest BCUT2D eigenvalue weighted by Gasteiger charge is 2.34. The molecular weight excluding hydrogens is 484 g/mol. The topological polar surface area (TPSA) is 105 Å². The first-order valence-corrected chi connectivity index (χ1v) is 13.3. The number of halogens is 1. The van der Waals surface area contributed by atoms with Crippen LogP contribution in [0.2, 0.25) is 5.02 Å². The summed E-state index contributed by atoms with van der Waals surface area (Å²) >= 11 is 7.31. The van der Waals surface area contributed by atoms with Crippen molar-refractivity contribution in [2.24, 2.45) is 5.92 Å². The first-order valence-electron chi connectivity index (χ1n) is 10.7. The minimum absolute atomic E-state index is 0.102. The van der Waals surface area contributed by atoms with Gasteiger partial charge in [0, 0.05) is 41.0 Å². The predicted molar refractivity (Wildman–Crippen MR) is 128 cm³/mol. The Labute approximate surface area is 202 Å². The fourth-order valence-electron chi connectivity index (χ4n) is 3.83. The Hall–Kier alpha value is -2.27. The van der Waals surface area contributed by atoms with Gasteiger partial charge in [-0.25, -0.2) is 8.42 Å². The maximum Gasteiger partial charge on any atom is 0.244 e. The van der Waals surface area contributed by atoms with E-state index in [1.807, 2.05) is 13.8 Å². The summed E-state index contributed by atoms with van der Waals surface area (Å²) < 4.78 is 33.2. The van der Waals surface area contributed by atoms with E-state index >= 15 is 0 Å². The molecule has 0 atom stereocenters. The normalized spacial score (nSPS) is 15.6. The number of piperidine rings is 1. The molecule has 1 aromatic carbocycles. The summed E-state index contributed by atoms with van der Waals surface area (Å²) in [5.74, 6) is 0.552. The number of benzene rings is 1. The van der Waals surface area contributed by atoms with Crippen molar-refractivity contribution in [3.05, 3.63) is 45.6 Å². The van der Waals surface area contributed by atoms with E-state index < -0.39 is 10.0 Å². The molecule has 11 heteroatoms. The summed E-state index contributed by atoms with van der Waals surface area (Å²) in [6.07, 6.45) is 1.53. The Morgan fingerprint density at radius 2 is 2.00 bits per heavy atom. The number of amides is 1. The molecule has 0 saturated carbocycles. The lowest BCUT2D eigenvalue weighted by molar-refractivity contribution is -0.120. The lowest BCUT2D eigenvalue weighted by Gasteiger charge is -2.30. The summed E-state index contributed by atoms with van der Waals surface area (Å²) in [6.45, 7) is 6.13. The molecule has 33 heavy (non-hydrogen) atoms. The molecule has 176 valence electrons. The standard InChI is InChI=1S/C22H25ClN4O4S2/c1-4-20-25-21(26-31-20)18-12-19(14(3)32-18)33(29,30)27-9-7-15(8-10-27)22(28)24-17-6-5-16(23)11-13(17)2/h5-6,11-12,15H,4,7-10H2,1-3H3,(H,24,28). The molecule has 1 saturated heterocycles. The van der Waals surface area contributed by atoms with Crippen LogP contribution in [-0.4, -0.2) is 41.9 Å². The van der Waals surface area contributed by atoms with Crippen LogP contribution in [0.4, 0.5) is 5.69 Å². The Kier molecular flexibility index (Phi) is 6.90. The average molecular weight is 509 g/mol. The van der Waals surface area contributed by atoms with Gasteiger partial charge in [-0.15, -0.1) is 11.3 Å². The van der Waals surface area contributed by atoms with Gasteiger partial charge in [-0.2, -0.15) is 9.29 Å². The van der Waals surface area contributed by atoms with E-state index in [2.05, 4.69) is 15.5 Å². The zero-order valence-electron chi connectivity index (χ0n) is 18.6. The predicted octanol–water partition coefficient (Wildman–Crippen LogP) is 4.67. The van der Waals surface area contributed by atoms with Crippen LogP contribution in [0.1, 0.15) is 36.1 Å². The van der Waals surface area contributed by atoms with Crippen LogP contribution >= 0.6 is 22.9 Å². The van der Waals surface area contributed by atoms with Crippen LogP contribution in [0, 0.1) is 19.8 Å². The van der Waals surface area contributed by atoms with Gasteiger partial charge in [0.05, 0.1) is 9.77 Å². The van der Waals surface area contributed by atoms with E-state index in [0.717, 1.165) is 5.56 Å². The minimum Gasteiger partial charge on any atom is -0.339 e. The highest BCUT2D eigenvalue weighted by atomic mass is 35.5. The highest BCUT2D eigenvalue weighted by molar-refractivity contribution is 7.89. The molecule has 0 radical (unpaired) electrons. The quantitative estimate of drug-likeness (QED) is 0.518. The largest absolute Gasteiger partial charge is 0.339 e. The van der Waals surface area contributed by atoms with Gasteiger partial charge in [0.15, 0.2) is 0 Å². The number of nitrogens with one attached hydrogen (secondary N) is 1. The van der Waals surface area contributed by atoms with E-state index in [-0.39, 0.29) is 29.8 Å². The second kappa shape index (κ2) is 9.54. The smallest absolute Gasteiger partial charge is 0.244 e. The molecule has 1 aliphatic heterocycles. The number of aryl methyl sites for hydroxylation is 3. The molecule has 3 aromatic rings. The Bertz CT molecular complexity index is 1280. The van der Waals surface area contributed by atoms with E-state index in [1.165, 1.54) is 15.6 Å². The third kappa shape index (κ3) is 4.98. The van der Waals surface area contributed by atoms with Crippen molar-refractivity contribution in [3.8, 4) is 10.7 Å². The number of anilines is 1. The van der Waals surface area contributed by atoms with Crippen molar-refractivity contribution in [3.63, 3.8) is 0 Å². The van der Waals surface area contributed by atoms with Gasteiger partial charge in [-0.05, 0) is 56.5 Å². The number of thiophene rings is 1. The van der Waals surface area contributed by atoms with Crippen LogP contribution < -0.4 is 5.32 Å². The van der Waals surface area contributed by atoms with Gasteiger partial charge >= 0.3 is 0 Å². The molecule has 0 bridgehead atoms. The summed E-state index contributed by atoms with van der Waals surface area (Å²) in [7, 11) is -3.69. The van der Waals surface area contributed by atoms with E-state index in [1.54, 1.807) is 31.2 Å². The van der Waals surface area contributed by atoms with Crippen LogP contribution in [0.5, 0.6) is 0 Å². The van der Waals surface area contributed by atoms with Crippen molar-refractivity contribution in [1.82, 2.24) is 14.4 Å². The maximum atomic E-state index is 13.3. The van der Waals surface area contributed by atoms with Crippen molar-refractivity contribution in [2.45, 2.75) is 44.9 Å². The number of hydrogen-bond acceptors (Lipinski definition) is 7. The number of carbonyl (C=O) groups is 1. The fourth-order valence-corrected chi connectivity index (χ4v) is 7.01. The molecule has 0 unspecified atom stereocenters. The van der Waals surface area contributed by atoms with Gasteiger partial charge in [0.1, 0.15) is 0 Å². The number of aromatic nitrogens is 2. The van der Waals surface area contributed by atoms with E-state index in [9.17, 15) is 13.2 Å². The van der Waals surface area contributed by atoms with Gasteiger partial charge in [-0.1, -0.05) is 23.7 Å². The van der Waals surface area contributed by atoms with E-state index in [0.29, 0.717) is 51.4 Å². The Morgan fingerprint density at radius 3 is 2.64 bits per heavy atom. The monoisotopic (exact) mass is 508 g/mol. The Balaban J connectivity index is 1.43. The van der Waals surface area contributed by atoms with E-state index in [4.69, 9.17) is 16.1 Å². The van der Waals surface area contributed by atoms with Crippen molar-refractivity contribution in [1.29, 1.82) is 0 Å². The number of rotatable bonds is 6. The summed E-state index contributed by atoms with van der Waals surface area (Å²) in [5, 5.41) is 7.50. The molecule has 0 spiro atoms. The first-order chi connectivity index (χ1) is 15.7. The van der Waals surface area contributed by atoms with Crippen molar-refractivity contribution in [2.75, 3.05) is 18.4 Å². The minimum atomic E-state index is -3.69. The van der Waals surface area contributed by atoms with Gasteiger partial charge in [0.2, 0.25) is 27.6 Å². The lowest BCUT2D eigenvalue weighted by Crippen LogP contribution is -2.41. The molecule has 1 fully saturated rings. The number of nitrogens with zero attached hydrogens (tertiary/aromatic N) is 3. The van der Waals surface area contributed by atoms with Gasteiger partial charge in [-0.3, -0.25) is 4.79 Å². The lowest BCUT2D eigenvalue weighted by atomic mass is 9.97. The zero-order valence-corrected chi connectivity index (χ0v) is 21.0. The van der Waals surface area contributed by atoms with Gasteiger partial charge < -0.3 is 9.84 Å². The zero-order chi connectivity index (χ0) is 23.8. The first kappa shape index (κ1) is 23.9. The highest BCUT2D eigenvalue weighted by Crippen LogP contribution is 2.35. The maximum absolute atomic E-state index is 13.3.